The summed E-state index contributed by atoms with van der Waals surface area (Å²) in [5.41, 5.74) is 1.23. The lowest BCUT2D eigenvalue weighted by molar-refractivity contribution is -0.857. The summed E-state index contributed by atoms with van der Waals surface area (Å²) in [6.07, 6.45) is 0. The molecule has 2 aromatic rings. The van der Waals surface area contributed by atoms with Crippen LogP contribution in [0.3, 0.4) is 0 Å². The molecule has 0 aromatic heterocycles. The van der Waals surface area contributed by atoms with Crippen LogP contribution in [0.15, 0.2) is 54.1 Å². The number of likely N-dealkylation sites (N-methyl/N-ethyl adjacent to an activating group) is 1. The molecule has 0 spiro atoms. The summed E-state index contributed by atoms with van der Waals surface area (Å²) >= 11 is 0. The van der Waals surface area contributed by atoms with Crippen LogP contribution in [0.5, 0.6) is 11.5 Å². The minimum absolute atomic E-state index is 0.0761. The first-order valence-electron chi connectivity index (χ1n) is 9.73. The fourth-order valence-corrected chi connectivity index (χ4v) is 3.51. The summed E-state index contributed by atoms with van der Waals surface area (Å²) in [4.78, 5) is 28.5. The second kappa shape index (κ2) is 9.00. The number of benzene rings is 2. The predicted octanol–water partition coefficient (Wildman–Crippen LogP) is 1.27. The van der Waals surface area contributed by atoms with E-state index in [2.05, 4.69) is 0 Å². The van der Waals surface area contributed by atoms with Crippen molar-refractivity contribution >= 4 is 17.4 Å². The molecule has 0 aliphatic carbocycles. The number of nitrogens with zero attached hydrogens (tertiary/aromatic N) is 1. The Balaban J connectivity index is 2.13. The zero-order chi connectivity index (χ0) is 21.8. The van der Waals surface area contributed by atoms with Gasteiger partial charge in [0, 0.05) is 5.56 Å². The zero-order valence-corrected chi connectivity index (χ0v) is 17.6. The highest BCUT2D eigenvalue weighted by molar-refractivity contribution is 6.46. The van der Waals surface area contributed by atoms with Crippen LogP contribution >= 0.6 is 0 Å². The van der Waals surface area contributed by atoms with Gasteiger partial charge in [0.1, 0.15) is 17.3 Å². The van der Waals surface area contributed by atoms with Crippen molar-refractivity contribution < 1.29 is 29.1 Å². The van der Waals surface area contributed by atoms with Gasteiger partial charge in [-0.15, -0.1) is 0 Å². The van der Waals surface area contributed by atoms with Crippen LogP contribution in [0, 0.1) is 0 Å². The molecule has 1 amide bonds. The number of carbonyl (C=O) groups is 2. The van der Waals surface area contributed by atoms with Gasteiger partial charge in [-0.25, -0.2) is 0 Å². The van der Waals surface area contributed by atoms with Gasteiger partial charge in [0.15, 0.2) is 0 Å². The number of Topliss-reactive ketones (excluding diaryl/α,β-unsaturated/α-hetero) is 1. The van der Waals surface area contributed by atoms with Crippen LogP contribution in [0.25, 0.3) is 5.76 Å². The number of ether oxygens (including phenoxy) is 2. The molecule has 1 aliphatic rings. The highest BCUT2D eigenvalue weighted by atomic mass is 16.5. The Morgan fingerprint density at radius 3 is 2.30 bits per heavy atom. The van der Waals surface area contributed by atoms with Gasteiger partial charge >= 0.3 is 0 Å². The third-order valence-electron chi connectivity index (χ3n) is 5.17. The molecule has 158 valence electrons. The van der Waals surface area contributed by atoms with E-state index < -0.39 is 17.7 Å². The number of hydrogen-bond acceptors (Lipinski definition) is 5. The molecule has 1 aliphatic heterocycles. The van der Waals surface area contributed by atoms with Crippen LogP contribution in [0.1, 0.15) is 17.2 Å². The fraction of sp³-hybridized carbons (Fsp3) is 0.304. The number of hydrogen-bond donors (Lipinski definition) is 2. The summed E-state index contributed by atoms with van der Waals surface area (Å²) in [5, 5.41) is 11.1. The van der Waals surface area contributed by atoms with E-state index in [1.54, 1.807) is 43.5 Å². The molecule has 7 heteroatoms. The van der Waals surface area contributed by atoms with Crippen molar-refractivity contribution in [2.24, 2.45) is 0 Å². The van der Waals surface area contributed by atoms with Crippen molar-refractivity contribution in [3.8, 4) is 11.5 Å². The number of aliphatic hydroxyl groups is 1. The molecular formula is C23H27N2O5+. The van der Waals surface area contributed by atoms with Crippen LogP contribution in [-0.4, -0.2) is 63.1 Å². The lowest BCUT2D eigenvalue weighted by atomic mass is 9.95. The Bertz CT molecular complexity index is 966. The third kappa shape index (κ3) is 4.16. The van der Waals surface area contributed by atoms with E-state index in [4.69, 9.17) is 9.47 Å². The standard InChI is InChI=1S/C23H26N2O5/c1-24(2)12-13-25-20(15-8-10-17(29-3)11-9-15)19(22(27)23(25)28)21(26)16-6-5-7-18(14-16)30-4/h5-11,14,20,26H,12-13H2,1-4H3/p+1/t20-/m1/s1. The van der Waals surface area contributed by atoms with Gasteiger partial charge in [-0.3, -0.25) is 9.59 Å². The van der Waals surface area contributed by atoms with Crippen molar-refractivity contribution in [1.29, 1.82) is 0 Å². The van der Waals surface area contributed by atoms with Crippen molar-refractivity contribution in [2.75, 3.05) is 41.4 Å². The molecule has 30 heavy (non-hydrogen) atoms. The summed E-state index contributed by atoms with van der Waals surface area (Å²) in [6, 6.07) is 13.3. The van der Waals surface area contributed by atoms with Gasteiger partial charge in [0.05, 0.1) is 53.0 Å². The summed E-state index contributed by atoms with van der Waals surface area (Å²) in [6.45, 7) is 1.05. The Morgan fingerprint density at radius 1 is 1.03 bits per heavy atom. The molecule has 0 radical (unpaired) electrons. The van der Waals surface area contributed by atoms with Gasteiger partial charge in [-0.2, -0.15) is 0 Å². The number of nitrogens with one attached hydrogen (secondary N) is 1. The molecule has 1 saturated heterocycles. The zero-order valence-electron chi connectivity index (χ0n) is 17.6. The number of carbonyl (C=O) groups excluding carboxylic acids is 2. The van der Waals surface area contributed by atoms with Crippen molar-refractivity contribution in [3.05, 3.63) is 65.2 Å². The maximum absolute atomic E-state index is 13.0. The Morgan fingerprint density at radius 2 is 1.70 bits per heavy atom. The minimum atomic E-state index is -0.690. The molecule has 2 N–H and O–H groups in total. The number of likely N-dealkylation sites (tertiary alicyclic amines) is 1. The first-order valence-corrected chi connectivity index (χ1v) is 9.73. The molecule has 1 atom stereocenters. The second-order valence-electron chi connectivity index (χ2n) is 7.45. The first kappa shape index (κ1) is 21.4. The van der Waals surface area contributed by atoms with Gasteiger partial charge in [-0.05, 0) is 29.8 Å². The van der Waals surface area contributed by atoms with Crippen molar-refractivity contribution in [1.82, 2.24) is 4.90 Å². The van der Waals surface area contributed by atoms with Gasteiger partial charge in [0.2, 0.25) is 0 Å². The number of methoxy groups -OCH3 is 2. The molecule has 2 aromatic carbocycles. The summed E-state index contributed by atoms with van der Waals surface area (Å²) in [5.74, 6) is -0.300. The molecule has 1 heterocycles. The van der Waals surface area contributed by atoms with Crippen molar-refractivity contribution in [3.63, 3.8) is 0 Å². The number of ketones is 1. The van der Waals surface area contributed by atoms with Crippen LogP contribution in [-0.2, 0) is 9.59 Å². The molecule has 7 nitrogen and oxygen atoms in total. The SMILES string of the molecule is COc1ccc([C@@H]2C(=C(O)c3cccc(OC)c3)C(=O)C(=O)N2CC[NH+](C)C)cc1. The van der Waals surface area contributed by atoms with Gasteiger partial charge in [-0.1, -0.05) is 24.3 Å². The van der Waals surface area contributed by atoms with E-state index in [9.17, 15) is 14.7 Å². The van der Waals surface area contributed by atoms with E-state index in [0.29, 0.717) is 30.2 Å². The lowest BCUT2D eigenvalue weighted by Gasteiger charge is -2.25. The average Bonchev–Trinajstić information content (AvgIpc) is 3.02. The van der Waals surface area contributed by atoms with Crippen molar-refractivity contribution in [2.45, 2.75) is 6.04 Å². The minimum Gasteiger partial charge on any atom is -0.507 e. The lowest BCUT2D eigenvalue weighted by Crippen LogP contribution is -3.06. The van der Waals surface area contributed by atoms with E-state index in [0.717, 1.165) is 10.5 Å². The topological polar surface area (TPSA) is 80.5 Å². The normalized spacial score (nSPS) is 18.2. The molecule has 0 saturated carbocycles. The highest BCUT2D eigenvalue weighted by Gasteiger charge is 2.46. The van der Waals surface area contributed by atoms with Gasteiger partial charge < -0.3 is 24.4 Å². The number of amides is 1. The second-order valence-corrected chi connectivity index (χ2v) is 7.45. The number of quaternary nitrogens is 1. The van der Waals surface area contributed by atoms with E-state index in [1.807, 2.05) is 26.2 Å². The summed E-state index contributed by atoms with van der Waals surface area (Å²) in [7, 11) is 7.06. The Kier molecular flexibility index (Phi) is 6.42. The smallest absolute Gasteiger partial charge is 0.295 e. The van der Waals surface area contributed by atoms with Crippen LogP contribution in [0.4, 0.5) is 0 Å². The third-order valence-corrected chi connectivity index (χ3v) is 5.17. The summed E-state index contributed by atoms with van der Waals surface area (Å²) < 4.78 is 10.4. The first-order chi connectivity index (χ1) is 14.4. The molecule has 1 fully saturated rings. The Labute approximate surface area is 176 Å². The monoisotopic (exact) mass is 411 g/mol. The highest BCUT2D eigenvalue weighted by Crippen LogP contribution is 2.39. The van der Waals surface area contributed by atoms with E-state index >= 15 is 0 Å². The van der Waals surface area contributed by atoms with E-state index in [-0.39, 0.29) is 11.3 Å². The molecule has 0 unspecified atom stereocenters. The predicted molar refractivity (Wildman–Crippen MR) is 113 cm³/mol. The maximum atomic E-state index is 13.0. The van der Waals surface area contributed by atoms with Crippen LogP contribution < -0.4 is 14.4 Å². The molecule has 0 bridgehead atoms. The largest absolute Gasteiger partial charge is 0.507 e. The Hall–Kier alpha value is -3.32. The molecule has 3 rings (SSSR count). The van der Waals surface area contributed by atoms with E-state index in [1.165, 1.54) is 12.0 Å². The number of rotatable bonds is 7. The van der Waals surface area contributed by atoms with Gasteiger partial charge in [0.25, 0.3) is 11.7 Å². The average molecular weight is 411 g/mol. The number of aliphatic hydroxyl groups excluding tert-OH is 1. The fourth-order valence-electron chi connectivity index (χ4n) is 3.51. The molecular weight excluding hydrogens is 384 g/mol. The quantitative estimate of drug-likeness (QED) is 0.408. The van der Waals surface area contributed by atoms with Crippen LogP contribution in [0.2, 0.25) is 0 Å². The maximum Gasteiger partial charge on any atom is 0.295 e.